The van der Waals surface area contributed by atoms with E-state index < -0.39 is 0 Å². The summed E-state index contributed by atoms with van der Waals surface area (Å²) < 4.78 is 0. The van der Waals surface area contributed by atoms with E-state index in [-0.39, 0.29) is 5.41 Å². The lowest BCUT2D eigenvalue weighted by Gasteiger charge is -2.32. The van der Waals surface area contributed by atoms with Gasteiger partial charge in [0.25, 0.3) is 0 Å². The minimum Gasteiger partial charge on any atom is -0.0755 e. The normalized spacial score (nSPS) is 17.6. The summed E-state index contributed by atoms with van der Waals surface area (Å²) in [6, 6.07) is 35.6. The maximum Gasteiger partial charge on any atom is 0.0148 e. The van der Waals surface area contributed by atoms with Crippen LogP contribution in [0.2, 0.25) is 0 Å². The van der Waals surface area contributed by atoms with Crippen molar-refractivity contribution in [3.05, 3.63) is 138 Å². The highest BCUT2D eigenvalue weighted by Gasteiger charge is 2.29. The van der Waals surface area contributed by atoms with Crippen LogP contribution in [-0.4, -0.2) is 0 Å². The molecule has 0 aliphatic heterocycles. The van der Waals surface area contributed by atoms with Gasteiger partial charge < -0.3 is 0 Å². The first-order valence-corrected chi connectivity index (χ1v) is 12.5. The molecule has 0 saturated carbocycles. The third-order valence-electron chi connectivity index (χ3n) is 7.77. The molecule has 0 nitrogen and oxygen atoms in total. The lowest BCUT2D eigenvalue weighted by molar-refractivity contribution is 0.603. The highest BCUT2D eigenvalue weighted by Crippen LogP contribution is 2.45. The first-order chi connectivity index (χ1) is 17.0. The monoisotopic (exact) mass is 450 g/mol. The van der Waals surface area contributed by atoms with E-state index in [0.29, 0.717) is 0 Å². The molecular formula is C35H30. The molecule has 0 spiro atoms. The zero-order valence-electron chi connectivity index (χ0n) is 20.7. The van der Waals surface area contributed by atoms with Crippen LogP contribution in [0.1, 0.15) is 35.6 Å². The average molecular weight is 451 g/mol. The fraction of sp³-hybridized carbons (Fsp3) is 0.143. The van der Waals surface area contributed by atoms with Crippen LogP contribution in [0.5, 0.6) is 0 Å². The van der Waals surface area contributed by atoms with Crippen LogP contribution in [-0.2, 0) is 5.41 Å². The Bertz CT molecular complexity index is 1630. The van der Waals surface area contributed by atoms with Gasteiger partial charge in [0.2, 0.25) is 0 Å². The van der Waals surface area contributed by atoms with Gasteiger partial charge in [-0.2, -0.15) is 0 Å². The molecule has 5 aromatic rings. The molecule has 0 heterocycles. The maximum absolute atomic E-state index is 2.42. The van der Waals surface area contributed by atoms with Crippen LogP contribution in [0.3, 0.4) is 0 Å². The molecule has 1 unspecified atom stereocenters. The van der Waals surface area contributed by atoms with E-state index in [1.165, 1.54) is 60.5 Å². The third kappa shape index (κ3) is 3.61. The van der Waals surface area contributed by atoms with E-state index in [1.807, 2.05) is 0 Å². The van der Waals surface area contributed by atoms with Gasteiger partial charge in [-0.25, -0.2) is 0 Å². The van der Waals surface area contributed by atoms with Crippen LogP contribution in [0.4, 0.5) is 0 Å². The number of benzene rings is 5. The van der Waals surface area contributed by atoms with Crippen molar-refractivity contribution >= 4 is 27.1 Å². The number of hydrogen-bond acceptors (Lipinski definition) is 0. The van der Waals surface area contributed by atoms with Gasteiger partial charge in [0, 0.05) is 5.41 Å². The summed E-state index contributed by atoms with van der Waals surface area (Å²) in [4.78, 5) is 0. The Labute approximate surface area is 208 Å². The Morgan fingerprint density at radius 2 is 1.23 bits per heavy atom. The Kier molecular flexibility index (Phi) is 5.19. The average Bonchev–Trinajstić information content (AvgIpc) is 2.90. The molecule has 6 rings (SSSR count). The van der Waals surface area contributed by atoms with Crippen molar-refractivity contribution in [1.29, 1.82) is 0 Å². The smallest absolute Gasteiger partial charge is 0.0148 e. The predicted molar refractivity (Wildman–Crippen MR) is 152 cm³/mol. The molecule has 5 aromatic carbocycles. The molecule has 0 amide bonds. The molecular weight excluding hydrogens is 420 g/mol. The zero-order chi connectivity index (χ0) is 24.0. The zero-order valence-corrected chi connectivity index (χ0v) is 20.7. The number of fused-ring (bicyclic) bond motifs is 3. The summed E-state index contributed by atoms with van der Waals surface area (Å²) in [5.41, 5.74) is 9.27. The van der Waals surface area contributed by atoms with Crippen molar-refractivity contribution in [2.24, 2.45) is 0 Å². The summed E-state index contributed by atoms with van der Waals surface area (Å²) in [6.07, 6.45) is 8.12. The van der Waals surface area contributed by atoms with E-state index in [9.17, 15) is 0 Å². The lowest BCUT2D eigenvalue weighted by atomic mass is 9.72. The highest BCUT2D eigenvalue weighted by atomic mass is 14.3. The van der Waals surface area contributed by atoms with Crippen LogP contribution >= 0.6 is 0 Å². The second kappa shape index (κ2) is 8.40. The standard InChI is InChI=1S/C35H30/c1-24-16-18-26(19-17-24)27-20-22-35(3,23-21-27)33-15-9-8-14-32(33)34-25(2)28-10-4-5-11-29(28)30-12-6-7-13-31(30)34/h4-22H,23H2,1-3H3. The minimum absolute atomic E-state index is 0.0655. The van der Waals surface area contributed by atoms with E-state index in [0.717, 1.165) is 6.42 Å². The molecule has 0 heteroatoms. The summed E-state index contributed by atoms with van der Waals surface area (Å²) >= 11 is 0. The van der Waals surface area contributed by atoms with Crippen LogP contribution in [0.25, 0.3) is 38.2 Å². The Morgan fingerprint density at radius 1 is 0.629 bits per heavy atom. The van der Waals surface area contributed by atoms with Crippen molar-refractivity contribution < 1.29 is 0 Å². The number of rotatable bonds is 3. The van der Waals surface area contributed by atoms with Crippen LogP contribution in [0, 0.1) is 13.8 Å². The second-order valence-corrected chi connectivity index (χ2v) is 10.1. The lowest BCUT2D eigenvalue weighted by Crippen LogP contribution is -2.21. The topological polar surface area (TPSA) is 0 Å². The molecule has 1 atom stereocenters. The summed E-state index contributed by atoms with van der Waals surface area (Å²) in [7, 11) is 0. The van der Waals surface area contributed by atoms with E-state index in [2.05, 4.69) is 136 Å². The predicted octanol–water partition coefficient (Wildman–Crippen LogP) is 9.58. The maximum atomic E-state index is 2.42. The third-order valence-corrected chi connectivity index (χ3v) is 7.77. The fourth-order valence-corrected chi connectivity index (χ4v) is 5.76. The molecule has 0 bridgehead atoms. The number of hydrogen-bond donors (Lipinski definition) is 0. The minimum atomic E-state index is -0.0655. The van der Waals surface area contributed by atoms with Crippen molar-refractivity contribution in [3.63, 3.8) is 0 Å². The van der Waals surface area contributed by atoms with Gasteiger partial charge in [0.05, 0.1) is 0 Å². The SMILES string of the molecule is Cc1ccc(C2=CCC(C)(c3ccccc3-c3c(C)c4ccccc4c4ccccc34)C=C2)cc1. The van der Waals surface area contributed by atoms with E-state index in [1.54, 1.807) is 0 Å². The van der Waals surface area contributed by atoms with Crippen molar-refractivity contribution in [2.45, 2.75) is 32.6 Å². The van der Waals surface area contributed by atoms with E-state index in [4.69, 9.17) is 0 Å². The van der Waals surface area contributed by atoms with Gasteiger partial charge >= 0.3 is 0 Å². The Morgan fingerprint density at radius 3 is 1.91 bits per heavy atom. The summed E-state index contributed by atoms with van der Waals surface area (Å²) in [6.45, 7) is 6.81. The molecule has 35 heavy (non-hydrogen) atoms. The van der Waals surface area contributed by atoms with Gasteiger partial charge in [-0.05, 0) is 75.2 Å². The number of aryl methyl sites for hydroxylation is 2. The molecule has 170 valence electrons. The first-order valence-electron chi connectivity index (χ1n) is 12.5. The second-order valence-electron chi connectivity index (χ2n) is 10.1. The van der Waals surface area contributed by atoms with Crippen molar-refractivity contribution in [2.75, 3.05) is 0 Å². The van der Waals surface area contributed by atoms with Crippen LogP contribution < -0.4 is 0 Å². The molecule has 0 N–H and O–H groups in total. The van der Waals surface area contributed by atoms with Gasteiger partial charge in [0.1, 0.15) is 0 Å². The fourth-order valence-electron chi connectivity index (χ4n) is 5.76. The number of allylic oxidation sites excluding steroid dienone is 4. The van der Waals surface area contributed by atoms with Gasteiger partial charge in [-0.1, -0.05) is 128 Å². The largest absolute Gasteiger partial charge is 0.0755 e. The van der Waals surface area contributed by atoms with Crippen LogP contribution in [0.15, 0.2) is 115 Å². The summed E-state index contributed by atoms with van der Waals surface area (Å²) in [5, 5.41) is 5.32. The Balaban J connectivity index is 1.52. The van der Waals surface area contributed by atoms with Gasteiger partial charge in [-0.15, -0.1) is 0 Å². The van der Waals surface area contributed by atoms with Crippen molar-refractivity contribution in [1.82, 2.24) is 0 Å². The molecule has 1 aliphatic carbocycles. The van der Waals surface area contributed by atoms with E-state index >= 15 is 0 Å². The first kappa shape index (κ1) is 21.6. The quantitative estimate of drug-likeness (QED) is 0.240. The van der Waals surface area contributed by atoms with Gasteiger partial charge in [0.15, 0.2) is 0 Å². The molecule has 0 aromatic heterocycles. The molecule has 1 aliphatic rings. The molecule has 0 radical (unpaired) electrons. The molecule has 0 fully saturated rings. The summed E-state index contributed by atoms with van der Waals surface area (Å²) in [5.74, 6) is 0. The molecule has 0 saturated heterocycles. The highest BCUT2D eigenvalue weighted by molar-refractivity contribution is 6.16. The van der Waals surface area contributed by atoms with Crippen molar-refractivity contribution in [3.8, 4) is 11.1 Å². The Hall–Kier alpha value is -3.90. The van der Waals surface area contributed by atoms with Gasteiger partial charge in [-0.3, -0.25) is 0 Å².